The van der Waals surface area contributed by atoms with Gasteiger partial charge in [0.05, 0.1) is 18.1 Å². The summed E-state index contributed by atoms with van der Waals surface area (Å²) < 4.78 is 5.87. The predicted molar refractivity (Wildman–Crippen MR) is 139 cm³/mol. The number of carbonyl (C=O) groups excluding carboxylic acids is 4. The third-order valence-electron chi connectivity index (χ3n) is 7.03. The number of amides is 3. The Kier molecular flexibility index (Phi) is 11.6. The molecule has 0 saturated carbocycles. The summed E-state index contributed by atoms with van der Waals surface area (Å²) in [4.78, 5) is 52.6. The highest BCUT2D eigenvalue weighted by atomic mass is 16.5. The average molecular weight is 513 g/mol. The number of nitriles is 1. The van der Waals surface area contributed by atoms with Crippen LogP contribution in [0.2, 0.25) is 0 Å². The van der Waals surface area contributed by atoms with E-state index in [2.05, 4.69) is 28.9 Å². The SMILES string of the molecule is CCCC[C@H](C)[C@H]1CC(=O)N[C@@H](Cc2ccccc2C#N)C(=O)N[C@@H](C)C(=O)N[C@@H]([C@H](C)CC)C(=O)O1. The number of cyclic esters (lactones) is 1. The van der Waals surface area contributed by atoms with E-state index in [1.54, 1.807) is 24.3 Å². The quantitative estimate of drug-likeness (QED) is 0.458. The number of nitrogens with one attached hydrogen (secondary N) is 3. The van der Waals surface area contributed by atoms with E-state index in [0.29, 0.717) is 17.5 Å². The first kappa shape index (κ1) is 29.8. The molecule has 6 atom stereocenters. The molecule has 9 heteroatoms. The lowest BCUT2D eigenvalue weighted by molar-refractivity contribution is -0.158. The summed E-state index contributed by atoms with van der Waals surface area (Å²) >= 11 is 0. The molecule has 1 aromatic carbocycles. The fourth-order valence-corrected chi connectivity index (χ4v) is 4.29. The minimum atomic E-state index is -1.02. The largest absolute Gasteiger partial charge is 0.460 e. The van der Waals surface area contributed by atoms with Crippen LogP contribution in [0.4, 0.5) is 0 Å². The van der Waals surface area contributed by atoms with Crippen LogP contribution >= 0.6 is 0 Å². The highest BCUT2D eigenvalue weighted by Crippen LogP contribution is 2.21. The third kappa shape index (κ3) is 8.59. The Bertz CT molecular complexity index is 1000. The van der Waals surface area contributed by atoms with Crippen molar-refractivity contribution in [3.05, 3.63) is 35.4 Å². The molecule has 1 aliphatic heterocycles. The van der Waals surface area contributed by atoms with E-state index in [9.17, 15) is 24.4 Å². The Morgan fingerprint density at radius 2 is 1.73 bits per heavy atom. The molecule has 0 aliphatic carbocycles. The van der Waals surface area contributed by atoms with E-state index in [-0.39, 0.29) is 24.7 Å². The molecule has 1 fully saturated rings. The first-order valence-corrected chi connectivity index (χ1v) is 13.2. The van der Waals surface area contributed by atoms with Crippen LogP contribution in [0.25, 0.3) is 0 Å². The van der Waals surface area contributed by atoms with Crippen LogP contribution in [0.15, 0.2) is 24.3 Å². The molecule has 3 amide bonds. The number of unbranched alkanes of at least 4 members (excludes halogenated alkanes) is 1. The number of carbonyl (C=O) groups is 4. The third-order valence-corrected chi connectivity index (χ3v) is 7.03. The van der Waals surface area contributed by atoms with Gasteiger partial charge in [0.15, 0.2) is 0 Å². The number of hydrogen-bond donors (Lipinski definition) is 3. The summed E-state index contributed by atoms with van der Waals surface area (Å²) in [6.45, 7) is 9.27. The van der Waals surface area contributed by atoms with E-state index in [1.807, 2.05) is 20.8 Å². The number of hydrogen-bond acceptors (Lipinski definition) is 6. The second-order valence-electron chi connectivity index (χ2n) is 9.99. The zero-order valence-corrected chi connectivity index (χ0v) is 22.5. The van der Waals surface area contributed by atoms with Crippen molar-refractivity contribution in [2.24, 2.45) is 11.8 Å². The molecule has 0 radical (unpaired) electrons. The molecule has 0 aromatic heterocycles. The number of rotatable bonds is 8. The van der Waals surface area contributed by atoms with Gasteiger partial charge in [0, 0.05) is 6.42 Å². The normalized spacial score (nSPS) is 25.1. The fourth-order valence-electron chi connectivity index (χ4n) is 4.29. The summed E-state index contributed by atoms with van der Waals surface area (Å²) in [6, 6.07) is 6.07. The number of esters is 1. The zero-order valence-electron chi connectivity index (χ0n) is 22.5. The highest BCUT2D eigenvalue weighted by Gasteiger charge is 2.35. The fraction of sp³-hybridized carbons (Fsp3) is 0.607. The van der Waals surface area contributed by atoms with Crippen molar-refractivity contribution in [1.82, 2.24) is 16.0 Å². The lowest BCUT2D eigenvalue weighted by Crippen LogP contribution is -2.55. The minimum absolute atomic E-state index is 0.0704. The Balaban J connectivity index is 2.42. The lowest BCUT2D eigenvalue weighted by atomic mass is 9.94. The van der Waals surface area contributed by atoms with Crippen molar-refractivity contribution in [1.29, 1.82) is 5.26 Å². The van der Waals surface area contributed by atoms with E-state index >= 15 is 0 Å². The molecule has 37 heavy (non-hydrogen) atoms. The van der Waals surface area contributed by atoms with Crippen molar-refractivity contribution in [2.75, 3.05) is 0 Å². The number of benzene rings is 1. The van der Waals surface area contributed by atoms with E-state index in [4.69, 9.17) is 4.74 Å². The van der Waals surface area contributed by atoms with Gasteiger partial charge in [0.2, 0.25) is 17.7 Å². The second-order valence-corrected chi connectivity index (χ2v) is 9.99. The molecular weight excluding hydrogens is 472 g/mol. The standard InChI is InChI=1S/C28H40N4O5/c1-6-8-11-18(4)23-15-24(33)31-22(14-20-12-9-10-13-21(20)16-29)27(35)30-19(5)26(34)32-25(17(3)7-2)28(36)37-23/h9-10,12-13,17-19,22-23,25H,6-8,11,14-15H2,1-5H3,(H,30,35)(H,31,33)(H,32,34)/t17-,18+,19+,22+,23-,25+/m1/s1. The van der Waals surface area contributed by atoms with Crippen LogP contribution in [-0.2, 0) is 30.3 Å². The molecule has 0 unspecified atom stereocenters. The van der Waals surface area contributed by atoms with E-state index in [1.165, 1.54) is 6.92 Å². The van der Waals surface area contributed by atoms with Crippen LogP contribution in [-0.4, -0.2) is 47.9 Å². The summed E-state index contributed by atoms with van der Waals surface area (Å²) in [5.41, 5.74) is 0.998. The van der Waals surface area contributed by atoms with Gasteiger partial charge >= 0.3 is 5.97 Å². The average Bonchev–Trinajstić information content (AvgIpc) is 2.88. The van der Waals surface area contributed by atoms with Gasteiger partial charge < -0.3 is 20.7 Å². The number of ether oxygens (including phenoxy) is 1. The zero-order chi connectivity index (χ0) is 27.5. The summed E-state index contributed by atoms with van der Waals surface area (Å²) in [5, 5.41) is 17.6. The van der Waals surface area contributed by atoms with Crippen molar-refractivity contribution < 1.29 is 23.9 Å². The Morgan fingerprint density at radius 1 is 1.03 bits per heavy atom. The Hall–Kier alpha value is -3.41. The van der Waals surface area contributed by atoms with Gasteiger partial charge in [-0.1, -0.05) is 65.2 Å². The van der Waals surface area contributed by atoms with Crippen LogP contribution in [0.1, 0.15) is 77.8 Å². The molecule has 3 N–H and O–H groups in total. The maximum absolute atomic E-state index is 13.2. The van der Waals surface area contributed by atoms with Crippen LogP contribution in [0, 0.1) is 23.2 Å². The van der Waals surface area contributed by atoms with Crippen molar-refractivity contribution in [2.45, 2.75) is 97.4 Å². The van der Waals surface area contributed by atoms with Gasteiger partial charge in [-0.05, 0) is 36.8 Å². The maximum atomic E-state index is 13.2. The first-order valence-electron chi connectivity index (χ1n) is 13.2. The first-order chi connectivity index (χ1) is 17.6. The van der Waals surface area contributed by atoms with Gasteiger partial charge in [-0.3, -0.25) is 14.4 Å². The number of nitrogens with zero attached hydrogens (tertiary/aromatic N) is 1. The molecule has 202 valence electrons. The predicted octanol–water partition coefficient (Wildman–Crippen LogP) is 2.76. The van der Waals surface area contributed by atoms with Gasteiger partial charge in [-0.15, -0.1) is 0 Å². The topological polar surface area (TPSA) is 137 Å². The molecule has 0 spiro atoms. The molecule has 1 aromatic rings. The van der Waals surface area contributed by atoms with Gasteiger partial charge in [-0.25, -0.2) is 4.79 Å². The molecular formula is C28H40N4O5. The molecule has 1 aliphatic rings. The highest BCUT2D eigenvalue weighted by molar-refractivity contribution is 5.94. The van der Waals surface area contributed by atoms with Crippen LogP contribution in [0.3, 0.4) is 0 Å². The van der Waals surface area contributed by atoms with Gasteiger partial charge in [-0.2, -0.15) is 5.26 Å². The van der Waals surface area contributed by atoms with Crippen LogP contribution < -0.4 is 16.0 Å². The Morgan fingerprint density at radius 3 is 2.38 bits per heavy atom. The van der Waals surface area contributed by atoms with Gasteiger partial charge in [0.25, 0.3) is 0 Å². The summed E-state index contributed by atoms with van der Waals surface area (Å²) in [7, 11) is 0. The maximum Gasteiger partial charge on any atom is 0.329 e. The second kappa shape index (κ2) is 14.4. The smallest absolute Gasteiger partial charge is 0.329 e. The monoisotopic (exact) mass is 512 g/mol. The lowest BCUT2D eigenvalue weighted by Gasteiger charge is -2.29. The molecule has 0 bridgehead atoms. The molecule has 2 rings (SSSR count). The molecule has 9 nitrogen and oxygen atoms in total. The van der Waals surface area contributed by atoms with E-state index in [0.717, 1.165) is 19.3 Å². The summed E-state index contributed by atoms with van der Waals surface area (Å²) in [6.07, 6.45) is 2.50. The Labute approximate surface area is 219 Å². The van der Waals surface area contributed by atoms with Gasteiger partial charge in [0.1, 0.15) is 24.2 Å². The minimum Gasteiger partial charge on any atom is -0.460 e. The van der Waals surface area contributed by atoms with E-state index < -0.39 is 47.9 Å². The van der Waals surface area contributed by atoms with Crippen molar-refractivity contribution in [3.8, 4) is 6.07 Å². The summed E-state index contributed by atoms with van der Waals surface area (Å²) in [5.74, 6) is -2.40. The van der Waals surface area contributed by atoms with Crippen LogP contribution in [0.5, 0.6) is 0 Å². The molecule has 1 heterocycles. The van der Waals surface area contributed by atoms with Crippen molar-refractivity contribution >= 4 is 23.7 Å². The van der Waals surface area contributed by atoms with Crippen molar-refractivity contribution in [3.63, 3.8) is 0 Å². The molecule has 1 saturated heterocycles.